The minimum absolute atomic E-state index is 0.0254. The Labute approximate surface area is 146 Å². The van der Waals surface area contributed by atoms with Crippen LogP contribution in [0.2, 0.25) is 0 Å². The van der Waals surface area contributed by atoms with Crippen molar-refractivity contribution in [3.8, 4) is 0 Å². The molecular formula is C18H19FN2O3S. The molecular weight excluding hydrogens is 343 g/mol. The van der Waals surface area contributed by atoms with Gasteiger partial charge in [0.05, 0.1) is 4.90 Å². The zero-order valence-corrected chi connectivity index (χ0v) is 14.6. The Balaban J connectivity index is 2.03. The average molecular weight is 362 g/mol. The maximum Gasteiger partial charge on any atom is 0.244 e. The second-order valence-corrected chi connectivity index (χ2v) is 7.78. The molecule has 3 rings (SSSR count). The molecule has 5 nitrogen and oxygen atoms in total. The Morgan fingerprint density at radius 3 is 2.44 bits per heavy atom. The number of likely N-dealkylation sites (N-methyl/N-ethyl adjacent to an activating group) is 1. The monoisotopic (exact) mass is 362 g/mol. The lowest BCUT2D eigenvalue weighted by atomic mass is 9.95. The van der Waals surface area contributed by atoms with E-state index in [1.54, 1.807) is 6.92 Å². The second kappa shape index (κ2) is 6.93. The fourth-order valence-electron chi connectivity index (χ4n) is 3.01. The van der Waals surface area contributed by atoms with Crippen LogP contribution >= 0.6 is 0 Å². The van der Waals surface area contributed by atoms with Gasteiger partial charge >= 0.3 is 0 Å². The Hall–Kier alpha value is -2.25. The first-order valence-electron chi connectivity index (χ1n) is 8.05. The van der Waals surface area contributed by atoms with Gasteiger partial charge in [0.25, 0.3) is 0 Å². The van der Waals surface area contributed by atoms with Gasteiger partial charge in [-0.15, -0.1) is 0 Å². The average Bonchev–Trinajstić information content (AvgIpc) is 2.61. The summed E-state index contributed by atoms with van der Waals surface area (Å²) < 4.78 is 40.5. The molecule has 7 heteroatoms. The molecule has 0 bridgehead atoms. The first-order valence-corrected chi connectivity index (χ1v) is 9.49. The van der Waals surface area contributed by atoms with E-state index in [0.29, 0.717) is 13.0 Å². The SMILES string of the molecule is CCNC(=O)[C@H]1Cc2ccccc2CN1S(=O)(=O)c1ccc(F)cc1. The molecule has 1 amide bonds. The van der Waals surface area contributed by atoms with Crippen LogP contribution in [0.1, 0.15) is 18.1 Å². The summed E-state index contributed by atoms with van der Waals surface area (Å²) in [7, 11) is -3.93. The van der Waals surface area contributed by atoms with Crippen molar-refractivity contribution in [3.63, 3.8) is 0 Å². The first-order chi connectivity index (χ1) is 11.9. The molecule has 1 atom stereocenters. The molecule has 1 aliphatic heterocycles. The smallest absolute Gasteiger partial charge is 0.244 e. The van der Waals surface area contributed by atoms with Gasteiger partial charge in [-0.1, -0.05) is 24.3 Å². The van der Waals surface area contributed by atoms with Gasteiger partial charge < -0.3 is 5.32 Å². The van der Waals surface area contributed by atoms with Gasteiger partial charge in [-0.2, -0.15) is 4.31 Å². The van der Waals surface area contributed by atoms with Crippen LogP contribution < -0.4 is 5.32 Å². The highest BCUT2D eigenvalue weighted by Gasteiger charge is 2.39. The van der Waals surface area contributed by atoms with Crippen LogP contribution in [0.3, 0.4) is 0 Å². The van der Waals surface area contributed by atoms with Gasteiger partial charge in [-0.25, -0.2) is 12.8 Å². The summed E-state index contributed by atoms with van der Waals surface area (Å²) in [6.07, 6.45) is 0.308. The van der Waals surface area contributed by atoms with Crippen molar-refractivity contribution >= 4 is 15.9 Å². The standard InChI is InChI=1S/C18H19FN2O3S/c1-2-20-18(22)17-11-13-5-3-4-6-14(13)12-21(17)25(23,24)16-9-7-15(19)8-10-16/h3-10,17H,2,11-12H2,1H3,(H,20,22)/t17-/m1/s1. The highest BCUT2D eigenvalue weighted by Crippen LogP contribution is 2.29. The van der Waals surface area contributed by atoms with Crippen molar-refractivity contribution in [1.29, 1.82) is 0 Å². The molecule has 0 radical (unpaired) electrons. The molecule has 132 valence electrons. The van der Waals surface area contributed by atoms with Crippen molar-refractivity contribution in [2.24, 2.45) is 0 Å². The molecule has 0 saturated carbocycles. The topological polar surface area (TPSA) is 66.5 Å². The van der Waals surface area contributed by atoms with Gasteiger partial charge in [0, 0.05) is 13.1 Å². The lowest BCUT2D eigenvalue weighted by Gasteiger charge is -2.35. The van der Waals surface area contributed by atoms with Crippen molar-refractivity contribution in [2.45, 2.75) is 30.8 Å². The number of hydrogen-bond acceptors (Lipinski definition) is 3. The van der Waals surface area contributed by atoms with Gasteiger partial charge in [0.2, 0.25) is 15.9 Å². The van der Waals surface area contributed by atoms with Crippen LogP contribution in [0.4, 0.5) is 4.39 Å². The highest BCUT2D eigenvalue weighted by atomic mass is 32.2. The maximum absolute atomic E-state index is 13.1. The van der Waals surface area contributed by atoms with Gasteiger partial charge in [0.1, 0.15) is 11.9 Å². The zero-order chi connectivity index (χ0) is 18.0. The fourth-order valence-corrected chi connectivity index (χ4v) is 4.57. The van der Waals surface area contributed by atoms with Gasteiger partial charge in [-0.05, 0) is 48.7 Å². The van der Waals surface area contributed by atoms with E-state index in [0.717, 1.165) is 23.3 Å². The van der Waals surface area contributed by atoms with E-state index in [9.17, 15) is 17.6 Å². The number of benzene rings is 2. The summed E-state index contributed by atoms with van der Waals surface area (Å²) in [5.74, 6) is -0.842. The molecule has 0 spiro atoms. The van der Waals surface area contributed by atoms with E-state index in [1.807, 2.05) is 24.3 Å². The molecule has 0 fully saturated rings. The number of amides is 1. The third kappa shape index (κ3) is 3.43. The number of fused-ring (bicyclic) bond motifs is 1. The van der Waals surface area contributed by atoms with Crippen LogP contribution in [0.15, 0.2) is 53.4 Å². The lowest BCUT2D eigenvalue weighted by Crippen LogP contribution is -2.52. The number of rotatable bonds is 4. The first kappa shape index (κ1) is 17.6. The third-order valence-electron chi connectivity index (χ3n) is 4.28. The van der Waals surface area contributed by atoms with Crippen LogP contribution in [0.25, 0.3) is 0 Å². The molecule has 1 heterocycles. The number of carbonyl (C=O) groups is 1. The minimum Gasteiger partial charge on any atom is -0.355 e. The summed E-state index contributed by atoms with van der Waals surface area (Å²) in [6, 6.07) is 11.3. The van der Waals surface area contributed by atoms with E-state index in [-0.39, 0.29) is 17.3 Å². The predicted molar refractivity (Wildman–Crippen MR) is 91.7 cm³/mol. The number of nitrogens with one attached hydrogen (secondary N) is 1. The molecule has 0 unspecified atom stereocenters. The molecule has 25 heavy (non-hydrogen) atoms. The quantitative estimate of drug-likeness (QED) is 0.906. The zero-order valence-electron chi connectivity index (χ0n) is 13.8. The number of sulfonamides is 1. The summed E-state index contributed by atoms with van der Waals surface area (Å²) in [5.41, 5.74) is 1.83. The van der Waals surface area contributed by atoms with E-state index in [2.05, 4.69) is 5.32 Å². The number of carbonyl (C=O) groups excluding carboxylic acids is 1. The molecule has 2 aromatic rings. The Morgan fingerprint density at radius 1 is 1.16 bits per heavy atom. The summed E-state index contributed by atoms with van der Waals surface area (Å²) in [6.45, 7) is 2.31. The molecule has 0 aromatic heterocycles. The Morgan fingerprint density at radius 2 is 1.80 bits per heavy atom. The van der Waals surface area contributed by atoms with Crippen molar-refractivity contribution in [2.75, 3.05) is 6.54 Å². The minimum atomic E-state index is -3.93. The summed E-state index contributed by atoms with van der Waals surface area (Å²) >= 11 is 0. The number of halogens is 1. The van der Waals surface area contributed by atoms with Gasteiger partial charge in [0.15, 0.2) is 0 Å². The number of nitrogens with zero attached hydrogens (tertiary/aromatic N) is 1. The normalized spacial score (nSPS) is 17.8. The Kier molecular flexibility index (Phi) is 4.87. The van der Waals surface area contributed by atoms with Crippen molar-refractivity contribution in [3.05, 3.63) is 65.5 Å². The third-order valence-corrected chi connectivity index (χ3v) is 6.15. The fraction of sp³-hybridized carbons (Fsp3) is 0.278. The van der Waals surface area contributed by atoms with Crippen LogP contribution in [-0.2, 0) is 27.8 Å². The number of hydrogen-bond donors (Lipinski definition) is 1. The Bertz CT molecular complexity index is 881. The summed E-state index contributed by atoms with van der Waals surface area (Å²) in [5, 5.41) is 2.70. The highest BCUT2D eigenvalue weighted by molar-refractivity contribution is 7.89. The molecule has 0 saturated heterocycles. The van der Waals surface area contributed by atoms with Crippen molar-refractivity contribution in [1.82, 2.24) is 9.62 Å². The van der Waals surface area contributed by atoms with E-state index < -0.39 is 21.9 Å². The van der Waals surface area contributed by atoms with Gasteiger partial charge in [-0.3, -0.25) is 4.79 Å². The van der Waals surface area contributed by atoms with E-state index in [1.165, 1.54) is 16.4 Å². The molecule has 1 N–H and O–H groups in total. The maximum atomic E-state index is 13.1. The lowest BCUT2D eigenvalue weighted by molar-refractivity contribution is -0.125. The van der Waals surface area contributed by atoms with Crippen LogP contribution in [-0.4, -0.2) is 31.2 Å². The molecule has 0 aliphatic carbocycles. The predicted octanol–water partition coefficient (Wildman–Crippen LogP) is 2.08. The van der Waals surface area contributed by atoms with Crippen molar-refractivity contribution < 1.29 is 17.6 Å². The molecule has 2 aromatic carbocycles. The van der Waals surface area contributed by atoms with E-state index >= 15 is 0 Å². The van der Waals surface area contributed by atoms with E-state index in [4.69, 9.17) is 0 Å². The molecule has 1 aliphatic rings. The largest absolute Gasteiger partial charge is 0.355 e. The van der Waals surface area contributed by atoms with Crippen LogP contribution in [0, 0.1) is 5.82 Å². The van der Waals surface area contributed by atoms with Crippen LogP contribution in [0.5, 0.6) is 0 Å². The summed E-state index contributed by atoms with van der Waals surface area (Å²) in [4.78, 5) is 12.4. The second-order valence-electron chi connectivity index (χ2n) is 5.89.